The molecule has 3 rings (SSSR count). The van der Waals surface area contributed by atoms with Crippen LogP contribution in [-0.4, -0.2) is 47.1 Å². The van der Waals surface area contributed by atoms with Crippen LogP contribution in [-0.2, 0) is 32.1 Å². The molecule has 0 spiro atoms. The Morgan fingerprint density at radius 1 is 0.941 bits per heavy atom. The molecule has 0 aliphatic carbocycles. The summed E-state index contributed by atoms with van der Waals surface area (Å²) in [5.41, 5.74) is 2.75. The first-order valence-electron chi connectivity index (χ1n) is 10.9. The van der Waals surface area contributed by atoms with Crippen molar-refractivity contribution < 1.29 is 23.9 Å². The average Bonchev–Trinajstić information content (AvgIpc) is 2.85. The molecule has 0 saturated heterocycles. The second-order valence-corrected chi connectivity index (χ2v) is 8.07. The zero-order chi connectivity index (χ0) is 24.5. The van der Waals surface area contributed by atoms with Crippen molar-refractivity contribution in [2.45, 2.75) is 39.0 Å². The van der Waals surface area contributed by atoms with Crippen LogP contribution in [0.4, 0.5) is 4.79 Å². The van der Waals surface area contributed by atoms with E-state index in [1.807, 2.05) is 54.6 Å². The van der Waals surface area contributed by atoms with Crippen molar-refractivity contribution in [3.63, 3.8) is 0 Å². The van der Waals surface area contributed by atoms with E-state index < -0.39 is 30.1 Å². The SMILES string of the molecule is COC(=O)[C@@H](Cc1cnc2ccccc2n1)NC(=O)[C@@H](NC(=O)OCc1ccccc1)C(C)C. The van der Waals surface area contributed by atoms with Gasteiger partial charge in [0.1, 0.15) is 18.7 Å². The number of amides is 2. The number of nitrogens with one attached hydrogen (secondary N) is 2. The number of hydrogen-bond acceptors (Lipinski definition) is 7. The Hall–Kier alpha value is -4.01. The van der Waals surface area contributed by atoms with Gasteiger partial charge in [-0.15, -0.1) is 0 Å². The van der Waals surface area contributed by atoms with Gasteiger partial charge < -0.3 is 20.1 Å². The van der Waals surface area contributed by atoms with Gasteiger partial charge in [-0.25, -0.2) is 14.6 Å². The fourth-order valence-corrected chi connectivity index (χ4v) is 3.33. The van der Waals surface area contributed by atoms with Crippen LogP contribution in [0.3, 0.4) is 0 Å². The molecular formula is C25H28N4O5. The van der Waals surface area contributed by atoms with E-state index in [1.165, 1.54) is 7.11 Å². The second kappa shape index (κ2) is 11.7. The number of fused-ring (bicyclic) bond motifs is 1. The molecule has 1 aromatic heterocycles. The number of rotatable bonds is 9. The van der Waals surface area contributed by atoms with Crippen molar-refractivity contribution in [3.05, 3.63) is 72.1 Å². The number of ether oxygens (including phenoxy) is 2. The minimum absolute atomic E-state index is 0.0739. The number of esters is 1. The zero-order valence-electron chi connectivity index (χ0n) is 19.4. The third kappa shape index (κ3) is 6.74. The third-order valence-electron chi connectivity index (χ3n) is 5.15. The second-order valence-electron chi connectivity index (χ2n) is 8.07. The number of hydrogen-bond donors (Lipinski definition) is 2. The van der Waals surface area contributed by atoms with Crippen molar-refractivity contribution in [2.24, 2.45) is 5.92 Å². The van der Waals surface area contributed by atoms with E-state index in [0.717, 1.165) is 11.1 Å². The first-order chi connectivity index (χ1) is 16.4. The van der Waals surface area contributed by atoms with Gasteiger partial charge in [0.15, 0.2) is 0 Å². The van der Waals surface area contributed by atoms with Crippen LogP contribution in [0.25, 0.3) is 11.0 Å². The minimum Gasteiger partial charge on any atom is -0.467 e. The molecule has 3 aromatic rings. The van der Waals surface area contributed by atoms with E-state index >= 15 is 0 Å². The maximum Gasteiger partial charge on any atom is 0.408 e. The highest BCUT2D eigenvalue weighted by Crippen LogP contribution is 2.11. The lowest BCUT2D eigenvalue weighted by molar-refractivity contribution is -0.145. The summed E-state index contributed by atoms with van der Waals surface area (Å²) in [6, 6.07) is 14.6. The molecule has 0 aliphatic rings. The van der Waals surface area contributed by atoms with Crippen LogP contribution in [0.15, 0.2) is 60.8 Å². The first-order valence-corrected chi connectivity index (χ1v) is 10.9. The molecule has 0 radical (unpaired) electrons. The lowest BCUT2D eigenvalue weighted by atomic mass is 10.0. The van der Waals surface area contributed by atoms with E-state index in [0.29, 0.717) is 11.2 Å². The number of methoxy groups -OCH3 is 1. The van der Waals surface area contributed by atoms with Gasteiger partial charge in [-0.05, 0) is 23.6 Å². The summed E-state index contributed by atoms with van der Waals surface area (Å²) in [7, 11) is 1.24. The standard InChI is InChI=1S/C25H28N4O5/c1-16(2)22(29-25(32)34-15-17-9-5-4-6-10-17)23(30)28-21(24(31)33-3)13-18-14-26-19-11-7-8-12-20(19)27-18/h4-12,14,16,21-22H,13,15H2,1-3H3,(H,28,30)(H,29,32)/t21-,22+/m1/s1. The van der Waals surface area contributed by atoms with Gasteiger partial charge in [0.05, 0.1) is 23.8 Å². The van der Waals surface area contributed by atoms with Crippen LogP contribution in [0.2, 0.25) is 0 Å². The monoisotopic (exact) mass is 464 g/mol. The lowest BCUT2D eigenvalue weighted by Crippen LogP contribution is -2.54. The number of aromatic nitrogens is 2. The van der Waals surface area contributed by atoms with Crippen molar-refractivity contribution in [1.29, 1.82) is 0 Å². The van der Waals surface area contributed by atoms with Crippen molar-refractivity contribution in [1.82, 2.24) is 20.6 Å². The molecule has 0 unspecified atom stereocenters. The van der Waals surface area contributed by atoms with Crippen LogP contribution >= 0.6 is 0 Å². The van der Waals surface area contributed by atoms with Gasteiger partial charge in [0.25, 0.3) is 0 Å². The molecule has 2 N–H and O–H groups in total. The van der Waals surface area contributed by atoms with E-state index in [-0.39, 0.29) is 18.9 Å². The van der Waals surface area contributed by atoms with Gasteiger partial charge in [-0.1, -0.05) is 56.3 Å². The Balaban J connectivity index is 1.66. The Kier molecular flexibility index (Phi) is 8.50. The molecule has 1 heterocycles. The number of alkyl carbamates (subject to hydrolysis) is 1. The van der Waals surface area contributed by atoms with E-state index in [2.05, 4.69) is 20.6 Å². The van der Waals surface area contributed by atoms with Crippen molar-refractivity contribution in [2.75, 3.05) is 7.11 Å². The number of carbonyl (C=O) groups excluding carboxylic acids is 3. The lowest BCUT2D eigenvalue weighted by Gasteiger charge is -2.24. The molecule has 2 aromatic carbocycles. The summed E-state index contributed by atoms with van der Waals surface area (Å²) >= 11 is 0. The van der Waals surface area contributed by atoms with Crippen LogP contribution in [0.1, 0.15) is 25.1 Å². The maximum absolute atomic E-state index is 13.0. The summed E-state index contributed by atoms with van der Waals surface area (Å²) in [4.78, 5) is 46.6. The molecule has 0 bridgehead atoms. The number of para-hydroxylation sites is 2. The molecule has 0 saturated carbocycles. The van der Waals surface area contributed by atoms with Gasteiger partial charge in [0, 0.05) is 12.6 Å². The number of nitrogens with zero attached hydrogens (tertiary/aromatic N) is 2. The first kappa shape index (κ1) is 24.6. The Morgan fingerprint density at radius 2 is 1.62 bits per heavy atom. The molecule has 9 heteroatoms. The largest absolute Gasteiger partial charge is 0.467 e. The summed E-state index contributed by atoms with van der Waals surface area (Å²) in [6.45, 7) is 3.64. The average molecular weight is 465 g/mol. The minimum atomic E-state index is -1.00. The summed E-state index contributed by atoms with van der Waals surface area (Å²) in [5.74, 6) is -1.42. The number of benzene rings is 2. The molecule has 0 aliphatic heterocycles. The molecule has 34 heavy (non-hydrogen) atoms. The Labute approximate surface area is 197 Å². The predicted molar refractivity (Wildman–Crippen MR) is 126 cm³/mol. The quantitative estimate of drug-likeness (QED) is 0.467. The van der Waals surface area contributed by atoms with Gasteiger partial charge in [-0.3, -0.25) is 9.78 Å². The predicted octanol–water partition coefficient (Wildman–Crippen LogP) is 2.78. The maximum atomic E-state index is 13.0. The van der Waals surface area contributed by atoms with Gasteiger partial charge >= 0.3 is 12.1 Å². The highest BCUT2D eigenvalue weighted by Gasteiger charge is 2.30. The van der Waals surface area contributed by atoms with Crippen molar-refractivity contribution in [3.8, 4) is 0 Å². The third-order valence-corrected chi connectivity index (χ3v) is 5.15. The zero-order valence-corrected chi connectivity index (χ0v) is 19.4. The molecule has 0 fully saturated rings. The molecule has 2 atom stereocenters. The fraction of sp³-hybridized carbons (Fsp3) is 0.320. The van der Waals surface area contributed by atoms with E-state index in [1.54, 1.807) is 20.0 Å². The van der Waals surface area contributed by atoms with Crippen LogP contribution in [0.5, 0.6) is 0 Å². The topological polar surface area (TPSA) is 120 Å². The van der Waals surface area contributed by atoms with Gasteiger partial charge in [0.2, 0.25) is 5.91 Å². The Bertz CT molecular complexity index is 1140. The summed E-state index contributed by atoms with van der Waals surface area (Å²) in [6.07, 6.45) is 0.913. The molecule has 9 nitrogen and oxygen atoms in total. The smallest absolute Gasteiger partial charge is 0.408 e. The highest BCUT2D eigenvalue weighted by atomic mass is 16.5. The van der Waals surface area contributed by atoms with Crippen molar-refractivity contribution >= 4 is 29.0 Å². The normalized spacial score (nSPS) is 12.6. The van der Waals surface area contributed by atoms with E-state index in [9.17, 15) is 14.4 Å². The Morgan fingerprint density at radius 3 is 2.29 bits per heavy atom. The number of carbonyl (C=O) groups is 3. The molecular weight excluding hydrogens is 436 g/mol. The highest BCUT2D eigenvalue weighted by molar-refractivity contribution is 5.90. The molecule has 2 amide bonds. The van der Waals surface area contributed by atoms with Crippen LogP contribution < -0.4 is 10.6 Å². The summed E-state index contributed by atoms with van der Waals surface area (Å²) < 4.78 is 10.1. The van der Waals surface area contributed by atoms with Gasteiger partial charge in [-0.2, -0.15) is 0 Å². The van der Waals surface area contributed by atoms with Crippen LogP contribution in [0, 0.1) is 5.92 Å². The molecule has 178 valence electrons. The fourth-order valence-electron chi connectivity index (χ4n) is 3.33. The van der Waals surface area contributed by atoms with E-state index in [4.69, 9.17) is 9.47 Å². The summed E-state index contributed by atoms with van der Waals surface area (Å²) in [5, 5.41) is 5.26.